The minimum absolute atomic E-state index is 0. The summed E-state index contributed by atoms with van der Waals surface area (Å²) in [5.41, 5.74) is 6.15. The van der Waals surface area contributed by atoms with E-state index in [0.717, 1.165) is 0 Å². The van der Waals surface area contributed by atoms with E-state index in [9.17, 15) is 0 Å². The summed E-state index contributed by atoms with van der Waals surface area (Å²) in [4.78, 5) is 0. The number of para-hydroxylation sites is 1. The molecule has 0 spiro atoms. The monoisotopic (exact) mass is 155 g/mol. The molecule has 0 aliphatic carbocycles. The molecule has 0 aliphatic heterocycles. The highest BCUT2D eigenvalue weighted by molar-refractivity contribution is 6.60. The Morgan fingerprint density at radius 3 is 2.09 bits per heavy atom. The van der Waals surface area contributed by atoms with Gasteiger partial charge in [-0.1, -0.05) is 18.2 Å². The van der Waals surface area contributed by atoms with E-state index in [1.807, 2.05) is 0 Å². The molecular weight excluding hydrogens is 145 g/mol. The molecular formula is C6H10BNO3. The molecule has 1 aromatic carbocycles. The molecule has 0 unspecified atom stereocenters. The second-order valence-electron chi connectivity index (χ2n) is 2.00. The van der Waals surface area contributed by atoms with Crippen molar-refractivity contribution in [3.05, 3.63) is 24.3 Å². The zero-order valence-corrected chi connectivity index (χ0v) is 5.86. The van der Waals surface area contributed by atoms with Crippen molar-refractivity contribution >= 4 is 18.3 Å². The smallest absolute Gasteiger partial charge is 0.423 e. The van der Waals surface area contributed by atoms with Crippen LogP contribution < -0.4 is 11.2 Å². The molecule has 0 fully saturated rings. The third-order valence-electron chi connectivity index (χ3n) is 1.27. The van der Waals surface area contributed by atoms with Crippen LogP contribution in [-0.2, 0) is 0 Å². The molecule has 11 heavy (non-hydrogen) atoms. The molecule has 1 aromatic rings. The summed E-state index contributed by atoms with van der Waals surface area (Å²) in [6.45, 7) is 0. The number of hydrogen-bond acceptors (Lipinski definition) is 3. The van der Waals surface area contributed by atoms with Crippen LogP contribution in [0, 0.1) is 0 Å². The number of hydrogen-bond donors (Lipinski definition) is 3. The van der Waals surface area contributed by atoms with Gasteiger partial charge in [-0.25, -0.2) is 0 Å². The molecule has 6 N–H and O–H groups in total. The second kappa shape index (κ2) is 3.97. The van der Waals surface area contributed by atoms with Crippen molar-refractivity contribution in [1.82, 2.24) is 0 Å². The van der Waals surface area contributed by atoms with Crippen LogP contribution in [0.5, 0.6) is 0 Å². The molecule has 0 saturated carbocycles. The number of nitrogens with two attached hydrogens (primary N) is 1. The van der Waals surface area contributed by atoms with Gasteiger partial charge in [0.25, 0.3) is 0 Å². The Morgan fingerprint density at radius 2 is 1.73 bits per heavy atom. The fourth-order valence-corrected chi connectivity index (χ4v) is 0.746. The van der Waals surface area contributed by atoms with Crippen molar-refractivity contribution in [1.29, 1.82) is 0 Å². The maximum atomic E-state index is 8.68. The molecule has 4 nitrogen and oxygen atoms in total. The molecule has 0 aromatic heterocycles. The first-order valence-corrected chi connectivity index (χ1v) is 2.92. The Morgan fingerprint density at radius 1 is 1.18 bits per heavy atom. The van der Waals surface area contributed by atoms with Crippen LogP contribution in [0.3, 0.4) is 0 Å². The fraction of sp³-hybridized carbons (Fsp3) is 0. The third-order valence-corrected chi connectivity index (χ3v) is 1.27. The summed E-state index contributed by atoms with van der Waals surface area (Å²) in [6, 6.07) is 6.63. The largest absolute Gasteiger partial charge is 0.490 e. The quantitative estimate of drug-likeness (QED) is 0.327. The highest BCUT2D eigenvalue weighted by Crippen LogP contribution is 1.95. The Bertz CT molecular complexity index is 229. The van der Waals surface area contributed by atoms with Crippen LogP contribution in [-0.4, -0.2) is 22.6 Å². The molecule has 0 aliphatic rings. The van der Waals surface area contributed by atoms with E-state index in [2.05, 4.69) is 0 Å². The number of benzene rings is 1. The van der Waals surface area contributed by atoms with Gasteiger partial charge in [-0.2, -0.15) is 0 Å². The molecule has 60 valence electrons. The average Bonchev–Trinajstić information content (AvgIpc) is 1.88. The Labute approximate surface area is 64.7 Å². The minimum atomic E-state index is -1.47. The molecule has 5 heteroatoms. The highest BCUT2D eigenvalue weighted by Gasteiger charge is 2.12. The van der Waals surface area contributed by atoms with Crippen molar-refractivity contribution in [3.8, 4) is 0 Å². The maximum absolute atomic E-state index is 8.68. The van der Waals surface area contributed by atoms with Crippen LogP contribution in [0.25, 0.3) is 0 Å². The summed E-state index contributed by atoms with van der Waals surface area (Å²) >= 11 is 0. The lowest BCUT2D eigenvalue weighted by Crippen LogP contribution is -2.31. The van der Waals surface area contributed by atoms with Gasteiger partial charge in [0.15, 0.2) is 0 Å². The van der Waals surface area contributed by atoms with Gasteiger partial charge in [-0.15, -0.1) is 0 Å². The van der Waals surface area contributed by atoms with Crippen LogP contribution in [0.15, 0.2) is 24.3 Å². The van der Waals surface area contributed by atoms with Gasteiger partial charge in [-0.05, 0) is 6.07 Å². The van der Waals surface area contributed by atoms with Gasteiger partial charge >= 0.3 is 7.12 Å². The first-order chi connectivity index (χ1) is 4.72. The van der Waals surface area contributed by atoms with Gasteiger partial charge in [0.2, 0.25) is 0 Å². The minimum Gasteiger partial charge on any atom is -0.423 e. The van der Waals surface area contributed by atoms with E-state index >= 15 is 0 Å². The molecule has 1 rings (SSSR count). The Balaban J connectivity index is 0.000001000. The summed E-state index contributed by atoms with van der Waals surface area (Å²) in [5, 5.41) is 17.4. The van der Waals surface area contributed by atoms with Crippen molar-refractivity contribution < 1.29 is 15.5 Å². The van der Waals surface area contributed by atoms with E-state index in [4.69, 9.17) is 15.8 Å². The predicted molar refractivity (Wildman–Crippen MR) is 44.3 cm³/mol. The lowest BCUT2D eigenvalue weighted by Gasteiger charge is -2.01. The number of anilines is 1. The third kappa shape index (κ3) is 2.23. The molecule has 0 heterocycles. The van der Waals surface area contributed by atoms with E-state index in [-0.39, 0.29) is 5.48 Å². The van der Waals surface area contributed by atoms with Gasteiger partial charge in [0.05, 0.1) is 0 Å². The lowest BCUT2D eigenvalue weighted by molar-refractivity contribution is 0.426. The van der Waals surface area contributed by atoms with E-state index < -0.39 is 7.12 Å². The predicted octanol–water partition coefficient (Wildman–Crippen LogP) is -1.88. The zero-order chi connectivity index (χ0) is 7.56. The van der Waals surface area contributed by atoms with Crippen LogP contribution >= 0.6 is 0 Å². The number of rotatable bonds is 1. The Hall–Kier alpha value is -1.04. The lowest BCUT2D eigenvalue weighted by atomic mass is 9.79. The molecule has 0 amide bonds. The van der Waals surface area contributed by atoms with Gasteiger partial charge < -0.3 is 21.3 Å². The van der Waals surface area contributed by atoms with Crippen LogP contribution in [0.2, 0.25) is 0 Å². The van der Waals surface area contributed by atoms with Crippen molar-refractivity contribution in [2.45, 2.75) is 0 Å². The summed E-state index contributed by atoms with van der Waals surface area (Å²) in [5.74, 6) is 0. The Kier molecular flexibility index (Phi) is 3.60. The maximum Gasteiger partial charge on any atom is 0.490 e. The van der Waals surface area contributed by atoms with Crippen LogP contribution in [0.1, 0.15) is 0 Å². The molecule has 0 radical (unpaired) electrons. The van der Waals surface area contributed by atoms with Crippen LogP contribution in [0.4, 0.5) is 5.69 Å². The van der Waals surface area contributed by atoms with Crippen molar-refractivity contribution in [2.75, 3.05) is 5.73 Å². The second-order valence-corrected chi connectivity index (χ2v) is 2.00. The standard InChI is InChI=1S/C6H8BNO2.H2O/c8-6-4-2-1-3-5(6)7(9)10;/h1-4,9-10H,8H2;1H2. The van der Waals surface area contributed by atoms with E-state index in [1.54, 1.807) is 24.3 Å². The van der Waals surface area contributed by atoms with E-state index in [1.165, 1.54) is 0 Å². The zero-order valence-electron chi connectivity index (χ0n) is 5.86. The van der Waals surface area contributed by atoms with Gasteiger partial charge in [0, 0.05) is 11.2 Å². The normalized spacial score (nSPS) is 8.55. The first-order valence-electron chi connectivity index (χ1n) is 2.92. The van der Waals surface area contributed by atoms with E-state index in [0.29, 0.717) is 11.2 Å². The summed E-state index contributed by atoms with van der Waals surface area (Å²) in [6.07, 6.45) is 0. The van der Waals surface area contributed by atoms with Crippen molar-refractivity contribution in [2.24, 2.45) is 0 Å². The molecule has 0 atom stereocenters. The fourth-order valence-electron chi connectivity index (χ4n) is 0.746. The summed E-state index contributed by atoms with van der Waals surface area (Å²) < 4.78 is 0. The summed E-state index contributed by atoms with van der Waals surface area (Å²) in [7, 11) is -1.47. The van der Waals surface area contributed by atoms with Gasteiger partial charge in [-0.3, -0.25) is 0 Å². The topological polar surface area (TPSA) is 98.0 Å². The first kappa shape index (κ1) is 9.96. The number of nitrogen functional groups attached to an aromatic ring is 1. The van der Waals surface area contributed by atoms with Crippen molar-refractivity contribution in [3.63, 3.8) is 0 Å². The molecule has 0 saturated heterocycles. The molecule has 0 bridgehead atoms. The average molecular weight is 155 g/mol. The highest BCUT2D eigenvalue weighted by atomic mass is 16.4. The van der Waals surface area contributed by atoms with Gasteiger partial charge in [0.1, 0.15) is 0 Å². The SMILES string of the molecule is Nc1ccccc1B(O)O.O.